The van der Waals surface area contributed by atoms with Crippen molar-refractivity contribution in [1.29, 1.82) is 0 Å². The van der Waals surface area contributed by atoms with Crippen molar-refractivity contribution in [2.24, 2.45) is 0 Å². The van der Waals surface area contributed by atoms with Crippen LogP contribution >= 0.6 is 35.1 Å². The second kappa shape index (κ2) is 6.12. The van der Waals surface area contributed by atoms with E-state index in [0.717, 1.165) is 30.1 Å². The first kappa shape index (κ1) is 12.5. The van der Waals surface area contributed by atoms with E-state index in [1.807, 2.05) is 29.6 Å². The van der Waals surface area contributed by atoms with E-state index in [9.17, 15) is 0 Å². The predicted octanol–water partition coefficient (Wildman–Crippen LogP) is 3.60. The Morgan fingerprint density at radius 1 is 1.44 bits per heavy atom. The standard InChI is InChI=1S/C11H15ClN2S2/c1-2-3-8-6-10(12)14-11(13-8)9-7-15-4-5-16-9/h6,9H,2-5,7H2,1H3. The molecule has 0 radical (unpaired) electrons. The fraction of sp³-hybridized carbons (Fsp3) is 0.636. The molecule has 0 aliphatic carbocycles. The zero-order valence-corrected chi connectivity index (χ0v) is 11.7. The lowest BCUT2D eigenvalue weighted by atomic mass is 10.2. The molecule has 16 heavy (non-hydrogen) atoms. The number of aromatic nitrogens is 2. The van der Waals surface area contributed by atoms with E-state index in [1.54, 1.807) is 0 Å². The maximum absolute atomic E-state index is 6.04. The fourth-order valence-corrected chi connectivity index (χ4v) is 4.46. The highest BCUT2D eigenvalue weighted by atomic mass is 35.5. The molecule has 0 saturated carbocycles. The lowest BCUT2D eigenvalue weighted by Gasteiger charge is -2.20. The molecule has 1 fully saturated rings. The molecule has 1 aromatic rings. The second-order valence-electron chi connectivity index (χ2n) is 3.72. The van der Waals surface area contributed by atoms with Crippen molar-refractivity contribution in [2.75, 3.05) is 17.3 Å². The minimum absolute atomic E-state index is 0.424. The van der Waals surface area contributed by atoms with Gasteiger partial charge in [0, 0.05) is 23.0 Å². The lowest BCUT2D eigenvalue weighted by molar-refractivity contribution is 0.829. The molecule has 5 heteroatoms. The average molecular weight is 275 g/mol. The van der Waals surface area contributed by atoms with Gasteiger partial charge in [-0.25, -0.2) is 9.97 Å². The first-order valence-corrected chi connectivity index (χ1v) is 8.10. The molecule has 2 heterocycles. The van der Waals surface area contributed by atoms with Crippen LogP contribution in [0.1, 0.15) is 30.1 Å². The molecule has 1 unspecified atom stereocenters. The molecular formula is C11H15ClN2S2. The van der Waals surface area contributed by atoms with Crippen LogP contribution in [-0.4, -0.2) is 27.2 Å². The van der Waals surface area contributed by atoms with Gasteiger partial charge in [-0.1, -0.05) is 24.9 Å². The molecule has 0 aromatic carbocycles. The van der Waals surface area contributed by atoms with Gasteiger partial charge in [-0.2, -0.15) is 11.8 Å². The largest absolute Gasteiger partial charge is 0.237 e. The number of rotatable bonds is 3. The molecule has 1 aliphatic heterocycles. The van der Waals surface area contributed by atoms with Gasteiger partial charge in [0.15, 0.2) is 0 Å². The maximum Gasteiger partial charge on any atom is 0.144 e. The Morgan fingerprint density at radius 2 is 2.31 bits per heavy atom. The SMILES string of the molecule is CCCc1cc(Cl)nc(C2CSCCS2)n1. The summed E-state index contributed by atoms with van der Waals surface area (Å²) >= 11 is 9.96. The predicted molar refractivity (Wildman–Crippen MR) is 73.6 cm³/mol. The summed E-state index contributed by atoms with van der Waals surface area (Å²) in [6, 6.07) is 1.88. The smallest absolute Gasteiger partial charge is 0.144 e. The molecule has 1 aromatic heterocycles. The monoisotopic (exact) mass is 274 g/mol. The Kier molecular flexibility index (Phi) is 4.79. The summed E-state index contributed by atoms with van der Waals surface area (Å²) in [5.41, 5.74) is 1.08. The molecule has 1 atom stereocenters. The highest BCUT2D eigenvalue weighted by molar-refractivity contribution is 8.06. The minimum Gasteiger partial charge on any atom is -0.237 e. The zero-order valence-electron chi connectivity index (χ0n) is 9.28. The summed E-state index contributed by atoms with van der Waals surface area (Å²) in [4.78, 5) is 8.98. The number of halogens is 1. The van der Waals surface area contributed by atoms with E-state index in [4.69, 9.17) is 11.6 Å². The molecule has 88 valence electrons. The second-order valence-corrected chi connectivity index (χ2v) is 6.57. The minimum atomic E-state index is 0.424. The van der Waals surface area contributed by atoms with Crippen molar-refractivity contribution in [2.45, 2.75) is 25.0 Å². The van der Waals surface area contributed by atoms with Gasteiger partial charge in [0.25, 0.3) is 0 Å². The summed E-state index contributed by atoms with van der Waals surface area (Å²) in [6.07, 6.45) is 2.08. The lowest BCUT2D eigenvalue weighted by Crippen LogP contribution is -2.11. The van der Waals surface area contributed by atoms with Crippen LogP contribution < -0.4 is 0 Å². The molecular weight excluding hydrogens is 260 g/mol. The van der Waals surface area contributed by atoms with E-state index in [-0.39, 0.29) is 0 Å². The summed E-state index contributed by atoms with van der Waals surface area (Å²) < 4.78 is 0. The highest BCUT2D eigenvalue weighted by Crippen LogP contribution is 2.35. The molecule has 2 rings (SSSR count). The van der Waals surface area contributed by atoms with Gasteiger partial charge in [0.05, 0.1) is 5.25 Å². The Bertz CT molecular complexity index is 354. The quantitative estimate of drug-likeness (QED) is 0.787. The van der Waals surface area contributed by atoms with Gasteiger partial charge in [-0.3, -0.25) is 0 Å². The van der Waals surface area contributed by atoms with E-state index >= 15 is 0 Å². The molecule has 0 N–H and O–H groups in total. The van der Waals surface area contributed by atoms with Crippen LogP contribution in [-0.2, 0) is 6.42 Å². The third-order valence-electron chi connectivity index (χ3n) is 2.38. The third-order valence-corrected chi connectivity index (χ3v) is 5.32. The van der Waals surface area contributed by atoms with Gasteiger partial charge < -0.3 is 0 Å². The van der Waals surface area contributed by atoms with Crippen molar-refractivity contribution in [3.05, 3.63) is 22.7 Å². The van der Waals surface area contributed by atoms with Gasteiger partial charge in [-0.05, 0) is 12.5 Å². The van der Waals surface area contributed by atoms with Crippen molar-refractivity contribution in [3.8, 4) is 0 Å². The Balaban J connectivity index is 2.18. The Hall–Kier alpha value is 0.0700. The van der Waals surface area contributed by atoms with E-state index in [2.05, 4.69) is 16.9 Å². The van der Waals surface area contributed by atoms with Crippen LogP contribution in [0, 0.1) is 0 Å². The number of hydrogen-bond acceptors (Lipinski definition) is 4. The van der Waals surface area contributed by atoms with Crippen LogP contribution in [0.5, 0.6) is 0 Å². The van der Waals surface area contributed by atoms with Gasteiger partial charge >= 0.3 is 0 Å². The van der Waals surface area contributed by atoms with Gasteiger partial charge in [0.2, 0.25) is 0 Å². The first-order chi connectivity index (χ1) is 7.79. The van der Waals surface area contributed by atoms with Crippen molar-refractivity contribution in [1.82, 2.24) is 9.97 Å². The maximum atomic E-state index is 6.04. The molecule has 1 saturated heterocycles. The van der Waals surface area contributed by atoms with E-state index < -0.39 is 0 Å². The fourth-order valence-electron chi connectivity index (χ4n) is 1.65. The highest BCUT2D eigenvalue weighted by Gasteiger charge is 2.20. The summed E-state index contributed by atoms with van der Waals surface area (Å²) in [5.74, 6) is 4.46. The van der Waals surface area contributed by atoms with E-state index in [1.165, 1.54) is 11.5 Å². The van der Waals surface area contributed by atoms with Gasteiger partial charge in [-0.15, -0.1) is 11.8 Å². The van der Waals surface area contributed by atoms with Crippen LogP contribution in [0.15, 0.2) is 6.07 Å². The van der Waals surface area contributed by atoms with Crippen molar-refractivity contribution in [3.63, 3.8) is 0 Å². The van der Waals surface area contributed by atoms with Crippen LogP contribution in [0.25, 0.3) is 0 Å². The van der Waals surface area contributed by atoms with E-state index in [0.29, 0.717) is 10.4 Å². The molecule has 0 bridgehead atoms. The van der Waals surface area contributed by atoms with Crippen LogP contribution in [0.3, 0.4) is 0 Å². The number of aryl methyl sites for hydroxylation is 1. The number of thioether (sulfide) groups is 2. The van der Waals surface area contributed by atoms with Crippen molar-refractivity contribution < 1.29 is 0 Å². The van der Waals surface area contributed by atoms with Crippen LogP contribution in [0.2, 0.25) is 5.15 Å². The molecule has 2 nitrogen and oxygen atoms in total. The topological polar surface area (TPSA) is 25.8 Å². The number of hydrogen-bond donors (Lipinski definition) is 0. The molecule has 0 spiro atoms. The summed E-state index contributed by atoms with van der Waals surface area (Å²) in [5, 5.41) is 1.01. The first-order valence-electron chi connectivity index (χ1n) is 5.52. The van der Waals surface area contributed by atoms with Crippen LogP contribution in [0.4, 0.5) is 0 Å². The van der Waals surface area contributed by atoms with Crippen molar-refractivity contribution >= 4 is 35.1 Å². The normalized spacial score (nSPS) is 21.0. The average Bonchev–Trinajstić information content (AvgIpc) is 2.30. The number of nitrogens with zero attached hydrogens (tertiary/aromatic N) is 2. The Labute approximate surface area is 110 Å². The summed E-state index contributed by atoms with van der Waals surface area (Å²) in [7, 11) is 0. The molecule has 1 aliphatic rings. The Morgan fingerprint density at radius 3 is 3.00 bits per heavy atom. The third kappa shape index (κ3) is 3.28. The zero-order chi connectivity index (χ0) is 11.4. The molecule has 0 amide bonds. The van der Waals surface area contributed by atoms with Gasteiger partial charge in [0.1, 0.15) is 11.0 Å². The summed E-state index contributed by atoms with van der Waals surface area (Å²) in [6.45, 7) is 2.15.